The molecule has 0 aliphatic carbocycles. The van der Waals surface area contributed by atoms with Crippen molar-refractivity contribution in [2.45, 2.75) is 0 Å². The maximum atomic E-state index is 2.43. The highest BCUT2D eigenvalue weighted by atomic mass is 15.0. The van der Waals surface area contributed by atoms with E-state index in [1.165, 1.54) is 66.0 Å². The van der Waals surface area contributed by atoms with Crippen molar-refractivity contribution in [1.29, 1.82) is 0 Å². The fraction of sp³-hybridized carbons (Fsp3) is 0. The van der Waals surface area contributed by atoms with E-state index in [4.69, 9.17) is 0 Å². The van der Waals surface area contributed by atoms with Gasteiger partial charge in [-0.1, -0.05) is 133 Å². The van der Waals surface area contributed by atoms with E-state index in [2.05, 4.69) is 168 Å². The van der Waals surface area contributed by atoms with Crippen molar-refractivity contribution >= 4 is 32.6 Å². The van der Waals surface area contributed by atoms with Crippen LogP contribution in [0.25, 0.3) is 71.6 Å². The van der Waals surface area contributed by atoms with Crippen LogP contribution in [0, 0.1) is 0 Å². The highest BCUT2D eigenvalue weighted by Gasteiger charge is 2.16. The van der Waals surface area contributed by atoms with Gasteiger partial charge in [0.05, 0.1) is 11.0 Å². The standard InChI is InChI=1S/C40H27N/c1-3-10-28(11-4-1)30-18-22-35(23-19-30)41-38-25-21-31-14-7-8-17-36(31)40(38)37-24-20-34(27-39(37)41)33-16-9-15-32(26-33)29-12-5-2-6-13-29/h1-27H. The van der Waals surface area contributed by atoms with Gasteiger partial charge in [-0.3, -0.25) is 0 Å². The van der Waals surface area contributed by atoms with Crippen LogP contribution in [0.5, 0.6) is 0 Å². The summed E-state index contributed by atoms with van der Waals surface area (Å²) in [6.45, 7) is 0. The van der Waals surface area contributed by atoms with Crippen LogP contribution < -0.4 is 0 Å². The number of fused-ring (bicyclic) bond motifs is 5. The van der Waals surface area contributed by atoms with Crippen molar-refractivity contribution < 1.29 is 0 Å². The molecular weight excluding hydrogens is 494 g/mol. The second-order valence-electron chi connectivity index (χ2n) is 10.6. The minimum absolute atomic E-state index is 1.16. The smallest absolute Gasteiger partial charge is 0.0547 e. The molecule has 1 heterocycles. The monoisotopic (exact) mass is 521 g/mol. The first-order valence-electron chi connectivity index (χ1n) is 14.1. The normalized spacial score (nSPS) is 11.4. The average Bonchev–Trinajstić information content (AvgIpc) is 3.40. The predicted molar refractivity (Wildman–Crippen MR) is 175 cm³/mol. The number of hydrogen-bond acceptors (Lipinski definition) is 0. The Labute approximate surface area is 239 Å². The highest BCUT2D eigenvalue weighted by Crippen LogP contribution is 2.39. The number of benzene rings is 7. The van der Waals surface area contributed by atoms with E-state index in [9.17, 15) is 0 Å². The number of aromatic nitrogens is 1. The molecule has 0 bridgehead atoms. The molecule has 8 aromatic rings. The van der Waals surface area contributed by atoms with Gasteiger partial charge in [-0.2, -0.15) is 0 Å². The van der Waals surface area contributed by atoms with Crippen molar-refractivity contribution in [2.75, 3.05) is 0 Å². The zero-order valence-corrected chi connectivity index (χ0v) is 22.5. The Kier molecular flexibility index (Phi) is 5.53. The van der Waals surface area contributed by atoms with Gasteiger partial charge in [0.25, 0.3) is 0 Å². The highest BCUT2D eigenvalue weighted by molar-refractivity contribution is 6.21. The van der Waals surface area contributed by atoms with E-state index in [0.717, 1.165) is 5.69 Å². The van der Waals surface area contributed by atoms with Gasteiger partial charge in [0.15, 0.2) is 0 Å². The first-order chi connectivity index (χ1) is 20.3. The Morgan fingerprint density at radius 1 is 0.317 bits per heavy atom. The molecule has 0 aliphatic heterocycles. The first kappa shape index (κ1) is 23.5. The van der Waals surface area contributed by atoms with Crippen molar-refractivity contribution in [2.24, 2.45) is 0 Å². The molecule has 0 N–H and O–H groups in total. The molecule has 0 unspecified atom stereocenters. The van der Waals surface area contributed by atoms with E-state index < -0.39 is 0 Å². The largest absolute Gasteiger partial charge is 0.309 e. The van der Waals surface area contributed by atoms with Crippen molar-refractivity contribution in [1.82, 2.24) is 4.57 Å². The molecule has 0 spiro atoms. The topological polar surface area (TPSA) is 4.93 Å². The first-order valence-corrected chi connectivity index (χ1v) is 14.1. The van der Waals surface area contributed by atoms with Gasteiger partial charge in [0.2, 0.25) is 0 Å². The summed E-state index contributed by atoms with van der Waals surface area (Å²) in [6, 6.07) is 59.2. The third kappa shape index (κ3) is 4.02. The predicted octanol–water partition coefficient (Wildman–Crippen LogP) is 10.9. The van der Waals surface area contributed by atoms with Crippen LogP contribution in [0.2, 0.25) is 0 Å². The van der Waals surface area contributed by atoms with Crippen LogP contribution in [0.1, 0.15) is 0 Å². The summed E-state index contributed by atoms with van der Waals surface area (Å²) in [4.78, 5) is 0. The molecule has 1 aromatic heterocycles. The van der Waals surface area contributed by atoms with Crippen LogP contribution in [0.4, 0.5) is 0 Å². The molecule has 192 valence electrons. The fourth-order valence-electron chi connectivity index (χ4n) is 6.19. The van der Waals surface area contributed by atoms with Crippen LogP contribution in [0.15, 0.2) is 164 Å². The Bertz CT molecular complexity index is 2170. The van der Waals surface area contributed by atoms with Crippen molar-refractivity contribution in [3.63, 3.8) is 0 Å². The van der Waals surface area contributed by atoms with Gasteiger partial charge < -0.3 is 4.57 Å². The molecule has 0 saturated heterocycles. The Hall–Kier alpha value is -5.40. The lowest BCUT2D eigenvalue weighted by Gasteiger charge is -2.11. The van der Waals surface area contributed by atoms with Gasteiger partial charge in [-0.15, -0.1) is 0 Å². The Balaban J connectivity index is 1.36. The second kappa shape index (κ2) is 9.66. The zero-order valence-electron chi connectivity index (χ0n) is 22.5. The lowest BCUT2D eigenvalue weighted by Crippen LogP contribution is -1.94. The summed E-state index contributed by atoms with van der Waals surface area (Å²) < 4.78 is 2.43. The zero-order chi connectivity index (χ0) is 27.2. The summed E-state index contributed by atoms with van der Waals surface area (Å²) in [5.74, 6) is 0. The molecule has 7 aromatic carbocycles. The maximum Gasteiger partial charge on any atom is 0.0547 e. The van der Waals surface area contributed by atoms with Gasteiger partial charge in [0.1, 0.15) is 0 Å². The molecule has 1 nitrogen and oxygen atoms in total. The lowest BCUT2D eigenvalue weighted by molar-refractivity contribution is 1.18. The van der Waals surface area contributed by atoms with E-state index >= 15 is 0 Å². The van der Waals surface area contributed by atoms with Gasteiger partial charge >= 0.3 is 0 Å². The molecule has 0 amide bonds. The Morgan fingerprint density at radius 3 is 1.63 bits per heavy atom. The van der Waals surface area contributed by atoms with Gasteiger partial charge in [-0.25, -0.2) is 0 Å². The molecule has 8 rings (SSSR count). The third-order valence-corrected chi connectivity index (χ3v) is 8.19. The molecular formula is C40H27N. The van der Waals surface area contributed by atoms with Crippen LogP contribution in [0.3, 0.4) is 0 Å². The second-order valence-corrected chi connectivity index (χ2v) is 10.6. The molecule has 0 fully saturated rings. The summed E-state index contributed by atoms with van der Waals surface area (Å²) in [6.07, 6.45) is 0. The quantitative estimate of drug-likeness (QED) is 0.217. The van der Waals surface area contributed by atoms with Gasteiger partial charge in [0, 0.05) is 16.5 Å². The summed E-state index contributed by atoms with van der Waals surface area (Å²) in [5.41, 5.74) is 10.9. The van der Waals surface area contributed by atoms with E-state index in [1.54, 1.807) is 0 Å². The van der Waals surface area contributed by atoms with Crippen LogP contribution in [-0.2, 0) is 0 Å². The van der Waals surface area contributed by atoms with Crippen LogP contribution in [-0.4, -0.2) is 4.57 Å². The molecule has 1 heteroatoms. The SMILES string of the molecule is c1ccc(-c2ccc(-n3c4cc(-c5cccc(-c6ccccc6)c5)ccc4c4c5ccccc5ccc43)cc2)cc1. The number of nitrogens with zero attached hydrogens (tertiary/aromatic N) is 1. The summed E-state index contributed by atoms with van der Waals surface area (Å²) >= 11 is 0. The molecule has 0 radical (unpaired) electrons. The average molecular weight is 522 g/mol. The minimum atomic E-state index is 1.16. The number of hydrogen-bond donors (Lipinski definition) is 0. The molecule has 0 aliphatic rings. The number of rotatable bonds is 4. The lowest BCUT2D eigenvalue weighted by atomic mass is 9.98. The van der Waals surface area contributed by atoms with Crippen molar-refractivity contribution in [3.05, 3.63) is 164 Å². The molecule has 41 heavy (non-hydrogen) atoms. The van der Waals surface area contributed by atoms with E-state index in [-0.39, 0.29) is 0 Å². The van der Waals surface area contributed by atoms with Crippen LogP contribution >= 0.6 is 0 Å². The summed E-state index contributed by atoms with van der Waals surface area (Å²) in [5, 5.41) is 5.12. The summed E-state index contributed by atoms with van der Waals surface area (Å²) in [7, 11) is 0. The molecule has 0 saturated carbocycles. The van der Waals surface area contributed by atoms with Gasteiger partial charge in [-0.05, 0) is 74.5 Å². The minimum Gasteiger partial charge on any atom is -0.309 e. The van der Waals surface area contributed by atoms with E-state index in [1.807, 2.05) is 0 Å². The third-order valence-electron chi connectivity index (χ3n) is 8.19. The Morgan fingerprint density at radius 2 is 0.878 bits per heavy atom. The van der Waals surface area contributed by atoms with E-state index in [0.29, 0.717) is 0 Å². The fourth-order valence-corrected chi connectivity index (χ4v) is 6.19. The van der Waals surface area contributed by atoms with Crippen molar-refractivity contribution in [3.8, 4) is 39.1 Å². The maximum absolute atomic E-state index is 2.43. The molecule has 0 atom stereocenters.